The van der Waals surface area contributed by atoms with Crippen molar-refractivity contribution >= 4 is 40.3 Å². The van der Waals surface area contributed by atoms with Crippen molar-refractivity contribution in [2.75, 3.05) is 54.4 Å². The normalized spacial score (nSPS) is 17.4. The van der Waals surface area contributed by atoms with Crippen LogP contribution in [0.2, 0.25) is 5.15 Å². The average molecular weight is 453 g/mol. The molecule has 2 saturated heterocycles. The van der Waals surface area contributed by atoms with E-state index in [9.17, 15) is 0 Å². The summed E-state index contributed by atoms with van der Waals surface area (Å²) in [6.07, 6.45) is 4.83. The third-order valence-corrected chi connectivity index (χ3v) is 6.33. The highest BCUT2D eigenvalue weighted by Gasteiger charge is 2.23. The molecule has 0 amide bonds. The van der Waals surface area contributed by atoms with Gasteiger partial charge in [0.05, 0.1) is 0 Å². The van der Waals surface area contributed by atoms with E-state index in [2.05, 4.69) is 32.6 Å². The van der Waals surface area contributed by atoms with Crippen molar-refractivity contribution in [1.29, 1.82) is 0 Å². The van der Waals surface area contributed by atoms with E-state index in [1.807, 2.05) is 18.2 Å². The van der Waals surface area contributed by atoms with Crippen molar-refractivity contribution < 1.29 is 0 Å². The molecule has 2 aromatic heterocycles. The van der Waals surface area contributed by atoms with Crippen molar-refractivity contribution in [1.82, 2.24) is 25.3 Å². The van der Waals surface area contributed by atoms with Gasteiger partial charge in [-0.3, -0.25) is 0 Å². The third kappa shape index (κ3) is 4.71. The van der Waals surface area contributed by atoms with Crippen LogP contribution in [0.1, 0.15) is 31.2 Å². The lowest BCUT2D eigenvalue weighted by atomic mass is 10.2. The van der Waals surface area contributed by atoms with Gasteiger partial charge in [-0.2, -0.15) is 9.97 Å². The summed E-state index contributed by atoms with van der Waals surface area (Å²) in [5.41, 5.74) is 2.42. The Labute approximate surface area is 193 Å². The monoisotopic (exact) mass is 452 g/mol. The van der Waals surface area contributed by atoms with E-state index >= 15 is 0 Å². The first-order valence-corrected chi connectivity index (χ1v) is 11.9. The summed E-state index contributed by atoms with van der Waals surface area (Å²) in [4.78, 5) is 23.9. The molecule has 0 unspecified atom stereocenters. The minimum atomic E-state index is 0.350. The molecule has 0 atom stereocenters. The number of anilines is 3. The molecule has 3 aromatic rings. The molecule has 5 rings (SSSR count). The first kappa shape index (κ1) is 21.2. The topological polar surface area (TPSA) is 82.1 Å². The summed E-state index contributed by atoms with van der Waals surface area (Å²) in [5, 5.41) is 7.07. The zero-order valence-corrected chi connectivity index (χ0v) is 19.0. The third-order valence-electron chi connectivity index (χ3n) is 6.07. The first-order chi connectivity index (χ1) is 15.8. The fourth-order valence-electron chi connectivity index (χ4n) is 4.30. The maximum absolute atomic E-state index is 6.57. The minimum absolute atomic E-state index is 0.350. The summed E-state index contributed by atoms with van der Waals surface area (Å²) >= 11 is 6.57. The second kappa shape index (κ2) is 9.83. The second-order valence-electron chi connectivity index (χ2n) is 8.36. The van der Waals surface area contributed by atoms with Crippen molar-refractivity contribution in [3.63, 3.8) is 0 Å². The Morgan fingerprint density at radius 1 is 0.844 bits per heavy atom. The second-order valence-corrected chi connectivity index (χ2v) is 8.72. The molecule has 168 valence electrons. The largest absolute Gasteiger partial charge is 0.363 e. The first-order valence-electron chi connectivity index (χ1n) is 11.5. The highest BCUT2D eigenvalue weighted by atomic mass is 35.5. The lowest BCUT2D eigenvalue weighted by molar-refractivity contribution is 0.580. The molecule has 8 nitrogen and oxygen atoms in total. The molecular formula is C23H29ClN8. The van der Waals surface area contributed by atoms with Crippen molar-refractivity contribution in [3.05, 3.63) is 41.0 Å². The Morgan fingerprint density at radius 3 is 2.34 bits per heavy atom. The fourth-order valence-corrected chi connectivity index (χ4v) is 4.50. The Kier molecular flexibility index (Phi) is 6.50. The van der Waals surface area contributed by atoms with Gasteiger partial charge in [0.25, 0.3) is 0 Å². The van der Waals surface area contributed by atoms with Gasteiger partial charge in [-0.05, 0) is 18.4 Å². The number of halogens is 1. The lowest BCUT2D eigenvalue weighted by Gasteiger charge is -2.29. The van der Waals surface area contributed by atoms with Crippen LogP contribution in [0.3, 0.4) is 0 Å². The van der Waals surface area contributed by atoms with Crippen LogP contribution in [0.5, 0.6) is 0 Å². The highest BCUT2D eigenvalue weighted by molar-refractivity contribution is 6.32. The van der Waals surface area contributed by atoms with Gasteiger partial charge in [0.2, 0.25) is 5.95 Å². The number of hydrogen-bond acceptors (Lipinski definition) is 8. The number of rotatable bonds is 5. The molecule has 2 fully saturated rings. The number of aromatic nitrogens is 4. The Bertz CT molecular complexity index is 1050. The van der Waals surface area contributed by atoms with Gasteiger partial charge in [0.1, 0.15) is 0 Å². The molecule has 2 N–H and O–H groups in total. The molecule has 0 bridgehead atoms. The van der Waals surface area contributed by atoms with Crippen LogP contribution >= 0.6 is 11.6 Å². The van der Waals surface area contributed by atoms with Crippen molar-refractivity contribution in [3.8, 4) is 0 Å². The Balaban J connectivity index is 1.53. The zero-order valence-electron chi connectivity index (χ0n) is 18.2. The molecule has 0 spiro atoms. The zero-order chi connectivity index (χ0) is 21.8. The summed E-state index contributed by atoms with van der Waals surface area (Å²) in [7, 11) is 0. The molecule has 4 heterocycles. The van der Waals surface area contributed by atoms with E-state index in [4.69, 9.17) is 31.5 Å². The smallest absolute Gasteiger partial charge is 0.229 e. The molecule has 1 aromatic carbocycles. The van der Waals surface area contributed by atoms with Gasteiger partial charge in [-0.1, -0.05) is 54.8 Å². The molecule has 0 aliphatic carbocycles. The van der Waals surface area contributed by atoms with Crippen LogP contribution in [0.15, 0.2) is 30.3 Å². The molecule has 2 aliphatic rings. The van der Waals surface area contributed by atoms with E-state index in [0.717, 1.165) is 69.4 Å². The Hall–Kier alpha value is -2.71. The van der Waals surface area contributed by atoms with Crippen LogP contribution in [0, 0.1) is 0 Å². The lowest BCUT2D eigenvalue weighted by Crippen LogP contribution is -2.44. The van der Waals surface area contributed by atoms with Gasteiger partial charge in [0.15, 0.2) is 28.0 Å². The predicted molar refractivity (Wildman–Crippen MR) is 130 cm³/mol. The van der Waals surface area contributed by atoms with Crippen LogP contribution in [0.25, 0.3) is 11.2 Å². The molecule has 2 aliphatic heterocycles. The maximum Gasteiger partial charge on any atom is 0.229 e. The van der Waals surface area contributed by atoms with Gasteiger partial charge in [-0.25, -0.2) is 9.97 Å². The standard InChI is InChI=1S/C23H29ClN8/c24-19-21(26-16-17-8-4-3-5-9-17)28-20-18(27-19)22(31-12-6-1-2-7-13-31)30-23(29-20)32-14-10-25-11-15-32/h3-5,8-9,25H,1-2,6-7,10-16H2,(H,26,28,29,30). The molecular weight excluding hydrogens is 424 g/mol. The summed E-state index contributed by atoms with van der Waals surface area (Å²) in [5.74, 6) is 2.13. The van der Waals surface area contributed by atoms with Gasteiger partial charge < -0.3 is 20.4 Å². The number of nitrogens with one attached hydrogen (secondary N) is 2. The van der Waals surface area contributed by atoms with Crippen LogP contribution in [-0.2, 0) is 6.54 Å². The molecule has 9 heteroatoms. The molecule has 32 heavy (non-hydrogen) atoms. The summed E-state index contributed by atoms with van der Waals surface area (Å²) in [6, 6.07) is 10.2. The minimum Gasteiger partial charge on any atom is -0.363 e. The van der Waals surface area contributed by atoms with Gasteiger partial charge in [0, 0.05) is 45.8 Å². The van der Waals surface area contributed by atoms with E-state index < -0.39 is 0 Å². The number of fused-ring (bicyclic) bond motifs is 1. The van der Waals surface area contributed by atoms with Crippen LogP contribution in [-0.4, -0.2) is 59.2 Å². The SMILES string of the molecule is Clc1nc2c(N3CCCCCC3)nc(N3CCNCC3)nc2nc1NCc1ccccc1. The maximum atomic E-state index is 6.57. The van der Waals surface area contributed by atoms with Crippen molar-refractivity contribution in [2.24, 2.45) is 0 Å². The van der Waals surface area contributed by atoms with Crippen LogP contribution < -0.4 is 20.4 Å². The Morgan fingerprint density at radius 2 is 1.59 bits per heavy atom. The molecule has 0 saturated carbocycles. The quantitative estimate of drug-likeness (QED) is 0.609. The number of hydrogen-bond donors (Lipinski definition) is 2. The van der Waals surface area contributed by atoms with Crippen molar-refractivity contribution in [2.45, 2.75) is 32.2 Å². The van der Waals surface area contributed by atoms with E-state index in [1.54, 1.807) is 0 Å². The van der Waals surface area contributed by atoms with Gasteiger partial charge in [-0.15, -0.1) is 0 Å². The van der Waals surface area contributed by atoms with Gasteiger partial charge >= 0.3 is 0 Å². The summed E-state index contributed by atoms with van der Waals surface area (Å²) < 4.78 is 0. The van der Waals surface area contributed by atoms with E-state index in [1.165, 1.54) is 12.8 Å². The number of piperazine rings is 1. The highest BCUT2D eigenvalue weighted by Crippen LogP contribution is 2.30. The average Bonchev–Trinajstić information content (AvgIpc) is 3.13. The van der Waals surface area contributed by atoms with E-state index in [-0.39, 0.29) is 0 Å². The number of nitrogens with zero attached hydrogens (tertiary/aromatic N) is 6. The fraction of sp³-hybridized carbons (Fsp3) is 0.478. The van der Waals surface area contributed by atoms with Crippen LogP contribution in [0.4, 0.5) is 17.6 Å². The van der Waals surface area contributed by atoms with E-state index in [0.29, 0.717) is 28.7 Å². The number of benzene rings is 1. The predicted octanol–water partition coefficient (Wildman–Crippen LogP) is 3.48. The summed E-state index contributed by atoms with van der Waals surface area (Å²) in [6.45, 7) is 6.18. The molecule has 0 radical (unpaired) electrons.